The first kappa shape index (κ1) is 17.0. The highest BCUT2D eigenvalue weighted by Crippen LogP contribution is 2.22. The van der Waals surface area contributed by atoms with Gasteiger partial charge in [0.1, 0.15) is 0 Å². The third-order valence-electron chi connectivity index (χ3n) is 4.08. The first-order chi connectivity index (χ1) is 10.3. The van der Waals surface area contributed by atoms with Gasteiger partial charge in [0.2, 0.25) is 11.7 Å². The maximum atomic E-state index is 5.31. The summed E-state index contributed by atoms with van der Waals surface area (Å²) < 4.78 is 10.6. The minimum absolute atomic E-state index is 0. The number of furan rings is 1. The Bertz CT molecular complexity index is 535. The molecule has 1 fully saturated rings. The van der Waals surface area contributed by atoms with Crippen LogP contribution in [0, 0.1) is 5.92 Å². The second-order valence-electron chi connectivity index (χ2n) is 5.60. The summed E-state index contributed by atoms with van der Waals surface area (Å²) in [5, 5.41) is 7.19. The maximum absolute atomic E-state index is 5.31. The molecule has 0 spiro atoms. The Hall–Kier alpha value is -1.37. The van der Waals surface area contributed by atoms with Crippen molar-refractivity contribution < 1.29 is 8.94 Å². The van der Waals surface area contributed by atoms with Crippen molar-refractivity contribution in [3.05, 3.63) is 24.3 Å². The molecule has 1 aliphatic heterocycles. The highest BCUT2D eigenvalue weighted by molar-refractivity contribution is 5.85. The summed E-state index contributed by atoms with van der Waals surface area (Å²) in [7, 11) is 2.02. The molecule has 0 amide bonds. The fraction of sp³-hybridized carbons (Fsp3) is 0.600. The van der Waals surface area contributed by atoms with Gasteiger partial charge in [0, 0.05) is 0 Å². The quantitative estimate of drug-likeness (QED) is 0.880. The molecule has 3 heterocycles. The molecular weight excluding hydrogens is 304 g/mol. The van der Waals surface area contributed by atoms with Gasteiger partial charge in [0.25, 0.3) is 0 Å². The van der Waals surface area contributed by atoms with Gasteiger partial charge in [-0.3, -0.25) is 4.90 Å². The average Bonchev–Trinajstić information content (AvgIpc) is 3.17. The van der Waals surface area contributed by atoms with Crippen LogP contribution in [0.3, 0.4) is 0 Å². The van der Waals surface area contributed by atoms with E-state index in [1.165, 1.54) is 19.3 Å². The van der Waals surface area contributed by atoms with E-state index in [0.717, 1.165) is 32.1 Å². The van der Waals surface area contributed by atoms with Crippen molar-refractivity contribution in [2.75, 3.05) is 26.7 Å². The van der Waals surface area contributed by atoms with Gasteiger partial charge in [-0.15, -0.1) is 12.4 Å². The first-order valence-electron chi connectivity index (χ1n) is 7.58. The van der Waals surface area contributed by atoms with Crippen molar-refractivity contribution in [2.45, 2.75) is 25.8 Å². The molecule has 6 nitrogen and oxygen atoms in total. The zero-order valence-electron chi connectivity index (χ0n) is 12.8. The summed E-state index contributed by atoms with van der Waals surface area (Å²) in [6.07, 6.45) is 5.39. The minimum Gasteiger partial charge on any atom is -0.461 e. The van der Waals surface area contributed by atoms with Crippen LogP contribution in [-0.4, -0.2) is 41.7 Å². The number of likely N-dealkylation sites (tertiary alicyclic amines) is 1. The van der Waals surface area contributed by atoms with Crippen molar-refractivity contribution in [1.82, 2.24) is 20.4 Å². The Morgan fingerprint density at radius 2 is 2.18 bits per heavy atom. The molecule has 0 radical (unpaired) electrons. The summed E-state index contributed by atoms with van der Waals surface area (Å²) in [5.74, 6) is 2.68. The van der Waals surface area contributed by atoms with E-state index in [2.05, 4.69) is 20.4 Å². The topological polar surface area (TPSA) is 67.3 Å². The fourth-order valence-corrected chi connectivity index (χ4v) is 2.80. The third kappa shape index (κ3) is 4.32. The van der Waals surface area contributed by atoms with Crippen LogP contribution in [0.5, 0.6) is 0 Å². The molecule has 1 saturated heterocycles. The molecular formula is C15H23ClN4O2. The molecule has 3 rings (SSSR count). The number of nitrogens with zero attached hydrogens (tertiary/aromatic N) is 3. The van der Waals surface area contributed by atoms with Gasteiger partial charge < -0.3 is 14.3 Å². The fourth-order valence-electron chi connectivity index (χ4n) is 2.80. The van der Waals surface area contributed by atoms with Crippen molar-refractivity contribution in [3.63, 3.8) is 0 Å². The Balaban J connectivity index is 0.00000176. The van der Waals surface area contributed by atoms with Gasteiger partial charge in [0.05, 0.1) is 12.8 Å². The standard InChI is InChI=1S/C15H22N4O2.ClH/c1-16-7-4-12-5-8-19(9-6-12)11-14-17-15(18-21-14)13-3-2-10-20-13;/h2-3,10,12,16H,4-9,11H2,1H3;1H. The van der Waals surface area contributed by atoms with E-state index in [9.17, 15) is 0 Å². The lowest BCUT2D eigenvalue weighted by Gasteiger charge is -2.30. The Kier molecular flexibility index (Phi) is 6.42. The molecule has 1 aliphatic rings. The van der Waals surface area contributed by atoms with E-state index in [-0.39, 0.29) is 12.4 Å². The molecule has 2 aromatic heterocycles. The van der Waals surface area contributed by atoms with Crippen LogP contribution >= 0.6 is 12.4 Å². The largest absolute Gasteiger partial charge is 0.461 e. The van der Waals surface area contributed by atoms with E-state index < -0.39 is 0 Å². The second kappa shape index (κ2) is 8.31. The monoisotopic (exact) mass is 326 g/mol. The van der Waals surface area contributed by atoms with E-state index in [4.69, 9.17) is 8.94 Å². The highest BCUT2D eigenvalue weighted by Gasteiger charge is 2.21. The molecule has 1 N–H and O–H groups in total. The van der Waals surface area contributed by atoms with Gasteiger partial charge in [-0.25, -0.2) is 0 Å². The lowest BCUT2D eigenvalue weighted by Crippen LogP contribution is -2.34. The van der Waals surface area contributed by atoms with Crippen LogP contribution in [0.25, 0.3) is 11.6 Å². The number of halogens is 1. The summed E-state index contributed by atoms with van der Waals surface area (Å²) in [5.41, 5.74) is 0. The van der Waals surface area contributed by atoms with E-state index >= 15 is 0 Å². The second-order valence-corrected chi connectivity index (χ2v) is 5.60. The summed E-state index contributed by atoms with van der Waals surface area (Å²) in [6.45, 7) is 4.05. The third-order valence-corrected chi connectivity index (χ3v) is 4.08. The number of hydrogen-bond acceptors (Lipinski definition) is 6. The average molecular weight is 327 g/mol. The lowest BCUT2D eigenvalue weighted by molar-refractivity contribution is 0.155. The first-order valence-corrected chi connectivity index (χ1v) is 7.58. The zero-order chi connectivity index (χ0) is 14.5. The van der Waals surface area contributed by atoms with E-state index in [0.29, 0.717) is 17.5 Å². The smallest absolute Gasteiger partial charge is 0.241 e. The van der Waals surface area contributed by atoms with Crippen LogP contribution in [0.4, 0.5) is 0 Å². The predicted molar refractivity (Wildman–Crippen MR) is 85.8 cm³/mol. The summed E-state index contributed by atoms with van der Waals surface area (Å²) in [6, 6.07) is 3.66. The zero-order valence-corrected chi connectivity index (χ0v) is 13.6. The Labute approximate surface area is 136 Å². The van der Waals surface area contributed by atoms with Crippen LogP contribution in [0.15, 0.2) is 27.3 Å². The SMILES string of the molecule is CNCCC1CCN(Cc2nc(-c3ccco3)no2)CC1.Cl. The maximum Gasteiger partial charge on any atom is 0.241 e. The van der Waals surface area contributed by atoms with Crippen LogP contribution in [0.2, 0.25) is 0 Å². The number of piperidine rings is 1. The lowest BCUT2D eigenvalue weighted by atomic mass is 9.93. The van der Waals surface area contributed by atoms with Crippen molar-refractivity contribution in [1.29, 1.82) is 0 Å². The van der Waals surface area contributed by atoms with E-state index in [1.54, 1.807) is 6.26 Å². The Morgan fingerprint density at radius 3 is 2.86 bits per heavy atom. The van der Waals surface area contributed by atoms with Crippen LogP contribution < -0.4 is 5.32 Å². The number of aromatic nitrogens is 2. The number of nitrogens with one attached hydrogen (secondary N) is 1. The molecule has 0 aromatic carbocycles. The van der Waals surface area contributed by atoms with Gasteiger partial charge in [-0.2, -0.15) is 4.98 Å². The van der Waals surface area contributed by atoms with Gasteiger partial charge in [-0.05, 0) is 64.0 Å². The molecule has 0 bridgehead atoms. The molecule has 122 valence electrons. The van der Waals surface area contributed by atoms with Crippen LogP contribution in [0.1, 0.15) is 25.2 Å². The van der Waals surface area contributed by atoms with Gasteiger partial charge in [-0.1, -0.05) is 5.16 Å². The summed E-state index contributed by atoms with van der Waals surface area (Å²) >= 11 is 0. The van der Waals surface area contributed by atoms with Crippen molar-refractivity contribution in [2.24, 2.45) is 5.92 Å². The van der Waals surface area contributed by atoms with Gasteiger partial charge in [0.15, 0.2) is 5.76 Å². The molecule has 22 heavy (non-hydrogen) atoms. The van der Waals surface area contributed by atoms with E-state index in [1.807, 2.05) is 19.2 Å². The number of hydrogen-bond donors (Lipinski definition) is 1. The molecule has 2 aromatic rings. The molecule has 0 saturated carbocycles. The van der Waals surface area contributed by atoms with Crippen molar-refractivity contribution in [3.8, 4) is 11.6 Å². The number of rotatable bonds is 6. The van der Waals surface area contributed by atoms with Crippen molar-refractivity contribution >= 4 is 12.4 Å². The minimum atomic E-state index is 0. The molecule has 0 aliphatic carbocycles. The highest BCUT2D eigenvalue weighted by atomic mass is 35.5. The predicted octanol–water partition coefficient (Wildman–Crippen LogP) is 2.57. The molecule has 0 atom stereocenters. The normalized spacial score (nSPS) is 16.6. The summed E-state index contributed by atoms with van der Waals surface area (Å²) in [4.78, 5) is 6.78. The Morgan fingerprint density at radius 1 is 1.36 bits per heavy atom. The van der Waals surface area contributed by atoms with Crippen LogP contribution in [-0.2, 0) is 6.54 Å². The van der Waals surface area contributed by atoms with Gasteiger partial charge >= 0.3 is 0 Å². The molecule has 7 heteroatoms. The molecule has 0 unspecified atom stereocenters.